The van der Waals surface area contributed by atoms with Crippen LogP contribution in [0.2, 0.25) is 0 Å². The van der Waals surface area contributed by atoms with Crippen LogP contribution in [0.25, 0.3) is 22.0 Å². The quantitative estimate of drug-likeness (QED) is 0.462. The molecule has 3 aromatic rings. The van der Waals surface area contributed by atoms with Crippen LogP contribution < -0.4 is 9.14 Å². The number of aromatic nitrogens is 1. The lowest BCUT2D eigenvalue weighted by Gasteiger charge is -2.17. The summed E-state index contributed by atoms with van der Waals surface area (Å²) >= 11 is 5.45. The molecule has 0 fully saturated rings. The van der Waals surface area contributed by atoms with Crippen molar-refractivity contribution in [3.8, 4) is 11.1 Å². The molecule has 0 aliphatic rings. The zero-order chi connectivity index (χ0) is 25.2. The first-order valence-corrected chi connectivity index (χ1v) is 12.7. The second-order valence-electron chi connectivity index (χ2n) is 8.25. The second-order valence-corrected chi connectivity index (χ2v) is 10.5. The van der Waals surface area contributed by atoms with Gasteiger partial charge in [-0.25, -0.2) is 17.6 Å². The van der Waals surface area contributed by atoms with E-state index in [1.807, 2.05) is 23.6 Å². The van der Waals surface area contributed by atoms with Gasteiger partial charge in [-0.05, 0) is 60.7 Å². The minimum Gasteiger partial charge on any atom is -0.345 e. The van der Waals surface area contributed by atoms with Crippen molar-refractivity contribution in [1.29, 1.82) is 0 Å². The summed E-state index contributed by atoms with van der Waals surface area (Å²) in [4.78, 5) is 16.5. The number of carbonyl (C=O) groups excluding carboxylic acids is 1. The SMILES string of the molecule is Cc1c(-c2cccc(N(C)S(C)(=O)=O)c2)c2cc(C(=O)N(C)C)ccc2n1C/C(F)=C/CNCl. The lowest BCUT2D eigenvalue weighted by molar-refractivity contribution is 0.0827. The fourth-order valence-electron chi connectivity index (χ4n) is 3.86. The maximum Gasteiger partial charge on any atom is 0.253 e. The second kappa shape index (κ2) is 10.2. The number of allylic oxidation sites excluding steroid dienone is 1. The summed E-state index contributed by atoms with van der Waals surface area (Å²) in [6, 6.07) is 12.5. The van der Waals surface area contributed by atoms with Crippen molar-refractivity contribution < 1.29 is 17.6 Å². The van der Waals surface area contributed by atoms with Crippen LogP contribution in [0.4, 0.5) is 10.1 Å². The van der Waals surface area contributed by atoms with E-state index >= 15 is 0 Å². The number of sulfonamides is 1. The highest BCUT2D eigenvalue weighted by atomic mass is 35.5. The van der Waals surface area contributed by atoms with E-state index in [0.717, 1.165) is 34.0 Å². The molecule has 3 rings (SSSR count). The molecule has 0 unspecified atom stereocenters. The van der Waals surface area contributed by atoms with Crippen molar-refractivity contribution in [2.24, 2.45) is 0 Å². The van der Waals surface area contributed by atoms with E-state index < -0.39 is 10.0 Å². The Labute approximate surface area is 204 Å². The summed E-state index contributed by atoms with van der Waals surface area (Å²) in [5.74, 6) is -0.512. The minimum absolute atomic E-state index is 0.00912. The Morgan fingerprint density at radius 1 is 1.18 bits per heavy atom. The molecule has 2 aromatic carbocycles. The Morgan fingerprint density at radius 3 is 2.50 bits per heavy atom. The highest BCUT2D eigenvalue weighted by Gasteiger charge is 2.20. The number of hydrogen-bond acceptors (Lipinski definition) is 4. The number of halogens is 2. The smallest absolute Gasteiger partial charge is 0.253 e. The Morgan fingerprint density at radius 2 is 1.88 bits per heavy atom. The average Bonchev–Trinajstić information content (AvgIpc) is 3.06. The number of amides is 1. The zero-order valence-electron chi connectivity index (χ0n) is 19.8. The van der Waals surface area contributed by atoms with Crippen molar-refractivity contribution in [2.45, 2.75) is 13.5 Å². The summed E-state index contributed by atoms with van der Waals surface area (Å²) in [7, 11) is 1.40. The van der Waals surface area contributed by atoms with E-state index in [2.05, 4.69) is 4.84 Å². The van der Waals surface area contributed by atoms with Crippen molar-refractivity contribution in [3.63, 3.8) is 0 Å². The van der Waals surface area contributed by atoms with Crippen LogP contribution in [0.1, 0.15) is 16.1 Å². The first-order valence-electron chi connectivity index (χ1n) is 10.5. The number of nitrogens with zero attached hydrogens (tertiary/aromatic N) is 3. The van der Waals surface area contributed by atoms with Gasteiger partial charge in [-0.2, -0.15) is 0 Å². The molecule has 0 radical (unpaired) electrons. The maximum atomic E-state index is 14.6. The summed E-state index contributed by atoms with van der Waals surface area (Å²) < 4.78 is 41.8. The van der Waals surface area contributed by atoms with Gasteiger partial charge in [0.25, 0.3) is 5.91 Å². The largest absolute Gasteiger partial charge is 0.345 e. The van der Waals surface area contributed by atoms with Gasteiger partial charge in [-0.15, -0.1) is 0 Å². The number of nitrogens with one attached hydrogen (secondary N) is 1. The number of benzene rings is 2. The number of carbonyl (C=O) groups is 1. The standard InChI is InChI=1S/C24H28ClFN4O3S/c1-16-23(17-7-6-8-20(13-17)29(4)34(5,32)33)21-14-18(24(31)28(2)3)9-10-22(21)30(16)15-19(26)11-12-27-25/h6-11,13-14,27H,12,15H2,1-5H3/b19-11-. The van der Waals surface area contributed by atoms with E-state index in [1.165, 1.54) is 22.3 Å². The van der Waals surface area contributed by atoms with Crippen molar-refractivity contribution in [3.05, 3.63) is 65.6 Å². The first-order chi connectivity index (χ1) is 16.0. The Kier molecular flexibility index (Phi) is 7.70. The summed E-state index contributed by atoms with van der Waals surface area (Å²) in [5, 5.41) is 0.771. The Bertz CT molecular complexity index is 1370. The average molecular weight is 507 g/mol. The molecule has 0 saturated heterocycles. The van der Waals surface area contributed by atoms with Gasteiger partial charge in [0, 0.05) is 55.4 Å². The molecule has 1 heterocycles. The third kappa shape index (κ3) is 5.27. The number of fused-ring (bicyclic) bond motifs is 1. The van der Waals surface area contributed by atoms with Crippen LogP contribution >= 0.6 is 11.8 Å². The third-order valence-electron chi connectivity index (χ3n) is 5.68. The van der Waals surface area contributed by atoms with E-state index in [9.17, 15) is 17.6 Å². The molecular formula is C24H28ClFN4O3S. The molecule has 1 aromatic heterocycles. The van der Waals surface area contributed by atoms with Crippen LogP contribution in [-0.4, -0.2) is 57.7 Å². The third-order valence-corrected chi connectivity index (χ3v) is 7.04. The van der Waals surface area contributed by atoms with Gasteiger partial charge in [-0.3, -0.25) is 9.10 Å². The Hall–Kier alpha value is -2.88. The topological polar surface area (TPSA) is 74.7 Å². The van der Waals surface area contributed by atoms with E-state index in [0.29, 0.717) is 11.3 Å². The fourth-order valence-corrected chi connectivity index (χ4v) is 4.43. The van der Waals surface area contributed by atoms with Crippen LogP contribution in [0.5, 0.6) is 0 Å². The molecule has 0 aliphatic carbocycles. The molecular weight excluding hydrogens is 479 g/mol. The summed E-state index contributed by atoms with van der Waals surface area (Å²) in [6.07, 6.45) is 2.50. The van der Waals surface area contributed by atoms with Gasteiger partial charge in [0.15, 0.2) is 0 Å². The monoisotopic (exact) mass is 506 g/mol. The molecule has 0 aliphatic heterocycles. The molecule has 1 amide bonds. The predicted molar refractivity (Wildman–Crippen MR) is 136 cm³/mol. The van der Waals surface area contributed by atoms with Gasteiger partial charge < -0.3 is 9.47 Å². The number of anilines is 1. The van der Waals surface area contributed by atoms with Gasteiger partial charge in [0.05, 0.1) is 18.5 Å². The molecule has 0 spiro atoms. The normalized spacial score (nSPS) is 12.3. The van der Waals surface area contributed by atoms with Crippen LogP contribution in [0, 0.1) is 6.92 Å². The van der Waals surface area contributed by atoms with Gasteiger partial charge in [-0.1, -0.05) is 12.1 Å². The highest BCUT2D eigenvalue weighted by molar-refractivity contribution is 7.92. The van der Waals surface area contributed by atoms with Crippen molar-refractivity contribution >= 4 is 44.3 Å². The molecule has 0 atom stereocenters. The predicted octanol–water partition coefficient (Wildman–Crippen LogP) is 4.31. The lowest BCUT2D eigenvalue weighted by atomic mass is 10.00. The molecule has 0 bridgehead atoms. The van der Waals surface area contributed by atoms with Crippen LogP contribution in [-0.2, 0) is 16.6 Å². The lowest BCUT2D eigenvalue weighted by Crippen LogP contribution is -2.24. The van der Waals surface area contributed by atoms with E-state index in [1.54, 1.807) is 44.4 Å². The van der Waals surface area contributed by atoms with Gasteiger partial charge >= 0.3 is 0 Å². The number of rotatable bonds is 8. The highest BCUT2D eigenvalue weighted by Crippen LogP contribution is 2.37. The summed E-state index contributed by atoms with van der Waals surface area (Å²) in [5.41, 5.74) is 4.10. The molecule has 7 nitrogen and oxygen atoms in total. The minimum atomic E-state index is -3.45. The molecule has 182 valence electrons. The number of hydrogen-bond donors (Lipinski definition) is 1. The zero-order valence-corrected chi connectivity index (χ0v) is 21.3. The maximum absolute atomic E-state index is 14.6. The molecule has 34 heavy (non-hydrogen) atoms. The van der Waals surface area contributed by atoms with Gasteiger partial charge in [0.1, 0.15) is 5.83 Å². The van der Waals surface area contributed by atoms with Crippen molar-refractivity contribution in [2.75, 3.05) is 38.2 Å². The first kappa shape index (κ1) is 25.7. The van der Waals surface area contributed by atoms with Gasteiger partial charge in [0.2, 0.25) is 10.0 Å². The molecule has 10 heteroatoms. The van der Waals surface area contributed by atoms with Crippen LogP contribution in [0.3, 0.4) is 0 Å². The Balaban J connectivity index is 2.27. The van der Waals surface area contributed by atoms with Crippen LogP contribution in [0.15, 0.2) is 54.4 Å². The fraction of sp³-hybridized carbons (Fsp3) is 0.292. The van der Waals surface area contributed by atoms with E-state index in [4.69, 9.17) is 11.8 Å². The molecule has 1 N–H and O–H groups in total. The van der Waals surface area contributed by atoms with E-state index in [-0.39, 0.29) is 24.8 Å². The molecule has 0 saturated carbocycles. The van der Waals surface area contributed by atoms with Crippen molar-refractivity contribution in [1.82, 2.24) is 14.3 Å². The summed E-state index contributed by atoms with van der Waals surface area (Å²) in [6.45, 7) is 2.05.